The van der Waals surface area contributed by atoms with E-state index in [2.05, 4.69) is 4.98 Å². The number of carbonyl (C=O) groups is 1. The van der Waals surface area contributed by atoms with Gasteiger partial charge >= 0.3 is 0 Å². The Morgan fingerprint density at radius 2 is 2.09 bits per heavy atom. The van der Waals surface area contributed by atoms with Crippen LogP contribution in [0.2, 0.25) is 0 Å². The fourth-order valence-corrected chi connectivity index (χ4v) is 2.79. The number of nitrogens with zero attached hydrogens (tertiary/aromatic N) is 2. The second-order valence-electron chi connectivity index (χ2n) is 5.39. The maximum atomic E-state index is 12.1. The molecule has 1 heterocycles. The van der Waals surface area contributed by atoms with Crippen LogP contribution in [0.3, 0.4) is 0 Å². The second kappa shape index (κ2) is 7.46. The summed E-state index contributed by atoms with van der Waals surface area (Å²) in [6, 6.07) is 5.68. The molecule has 1 aromatic carbocycles. The molecule has 0 fully saturated rings. The predicted octanol–water partition coefficient (Wildman–Crippen LogP) is 3.70. The van der Waals surface area contributed by atoms with Crippen LogP contribution in [0.15, 0.2) is 23.6 Å². The number of benzene rings is 1. The Morgan fingerprint density at radius 3 is 2.70 bits per heavy atom. The summed E-state index contributed by atoms with van der Waals surface area (Å²) in [5.41, 5.74) is 1.37. The highest BCUT2D eigenvalue weighted by Gasteiger charge is 2.16. The molecule has 0 bridgehead atoms. The highest BCUT2D eigenvalue weighted by atomic mass is 32.1. The average Bonchev–Trinajstić information content (AvgIpc) is 3.03. The van der Waals surface area contributed by atoms with Gasteiger partial charge in [-0.2, -0.15) is 0 Å². The van der Waals surface area contributed by atoms with E-state index in [0.717, 1.165) is 10.6 Å². The van der Waals surface area contributed by atoms with Crippen LogP contribution in [0.25, 0.3) is 10.6 Å². The van der Waals surface area contributed by atoms with Crippen molar-refractivity contribution < 1.29 is 14.3 Å². The lowest BCUT2D eigenvalue weighted by atomic mass is 10.2. The minimum Gasteiger partial charge on any atom is -0.493 e. The fourth-order valence-electron chi connectivity index (χ4n) is 2.00. The number of methoxy groups -OCH3 is 1. The van der Waals surface area contributed by atoms with Gasteiger partial charge in [0.25, 0.3) is 5.91 Å². The van der Waals surface area contributed by atoms with Gasteiger partial charge in [0.05, 0.1) is 13.2 Å². The van der Waals surface area contributed by atoms with E-state index in [1.165, 1.54) is 11.3 Å². The average molecular weight is 334 g/mol. The molecule has 1 amide bonds. The zero-order chi connectivity index (χ0) is 17.0. The molecule has 0 aliphatic carbocycles. The van der Waals surface area contributed by atoms with Crippen molar-refractivity contribution in [2.45, 2.75) is 26.9 Å². The highest BCUT2D eigenvalue weighted by molar-refractivity contribution is 7.13. The van der Waals surface area contributed by atoms with Gasteiger partial charge in [0.2, 0.25) is 0 Å². The Morgan fingerprint density at radius 1 is 1.35 bits per heavy atom. The maximum absolute atomic E-state index is 12.1. The molecule has 0 saturated heterocycles. The van der Waals surface area contributed by atoms with E-state index in [9.17, 15) is 4.79 Å². The summed E-state index contributed by atoms with van der Waals surface area (Å²) in [4.78, 5) is 18.2. The molecule has 0 aliphatic rings. The van der Waals surface area contributed by atoms with Crippen molar-refractivity contribution in [3.05, 3.63) is 29.3 Å². The van der Waals surface area contributed by atoms with Crippen molar-refractivity contribution >= 4 is 17.2 Å². The molecular weight excluding hydrogens is 312 g/mol. The molecule has 0 radical (unpaired) electrons. The third kappa shape index (κ3) is 4.01. The third-order valence-corrected chi connectivity index (χ3v) is 4.21. The molecule has 0 spiro atoms. The van der Waals surface area contributed by atoms with Crippen LogP contribution in [-0.2, 0) is 0 Å². The highest BCUT2D eigenvalue weighted by Crippen LogP contribution is 2.34. The molecule has 23 heavy (non-hydrogen) atoms. The summed E-state index contributed by atoms with van der Waals surface area (Å²) in [6.45, 7) is 6.52. The lowest BCUT2D eigenvalue weighted by Crippen LogP contribution is -2.26. The van der Waals surface area contributed by atoms with E-state index in [0.29, 0.717) is 23.7 Å². The van der Waals surface area contributed by atoms with Crippen LogP contribution in [0.1, 0.15) is 31.3 Å². The molecule has 1 aromatic heterocycles. The van der Waals surface area contributed by atoms with Gasteiger partial charge < -0.3 is 14.4 Å². The van der Waals surface area contributed by atoms with Crippen molar-refractivity contribution in [2.75, 3.05) is 20.7 Å². The molecule has 0 saturated carbocycles. The molecule has 0 atom stereocenters. The number of rotatable bonds is 6. The van der Waals surface area contributed by atoms with Crippen LogP contribution in [0, 0.1) is 0 Å². The van der Waals surface area contributed by atoms with Crippen LogP contribution in [-0.4, -0.2) is 42.6 Å². The van der Waals surface area contributed by atoms with E-state index in [4.69, 9.17) is 9.47 Å². The SMILES string of the molecule is CCN(C)C(=O)c1csc(-c2ccc(OC(C)C)c(OC)c2)n1. The number of carbonyl (C=O) groups excluding carboxylic acids is 1. The van der Waals surface area contributed by atoms with Crippen molar-refractivity contribution in [3.8, 4) is 22.1 Å². The Kier molecular flexibility index (Phi) is 5.60. The van der Waals surface area contributed by atoms with Gasteiger partial charge in [-0.05, 0) is 39.0 Å². The first kappa shape index (κ1) is 17.3. The van der Waals surface area contributed by atoms with Crippen LogP contribution in [0.4, 0.5) is 0 Å². The summed E-state index contributed by atoms with van der Waals surface area (Å²) >= 11 is 1.44. The summed E-state index contributed by atoms with van der Waals surface area (Å²) in [5.74, 6) is 1.29. The van der Waals surface area contributed by atoms with Gasteiger partial charge in [-0.3, -0.25) is 4.79 Å². The summed E-state index contributed by atoms with van der Waals surface area (Å²) in [7, 11) is 3.38. The normalized spacial score (nSPS) is 10.7. The quantitative estimate of drug-likeness (QED) is 0.808. The Bertz CT molecular complexity index is 682. The topological polar surface area (TPSA) is 51.7 Å². The van der Waals surface area contributed by atoms with Crippen molar-refractivity contribution in [2.24, 2.45) is 0 Å². The zero-order valence-corrected chi connectivity index (χ0v) is 14.9. The van der Waals surface area contributed by atoms with Crippen LogP contribution in [0.5, 0.6) is 11.5 Å². The lowest BCUT2D eigenvalue weighted by molar-refractivity contribution is 0.0797. The summed E-state index contributed by atoms with van der Waals surface area (Å²) in [5, 5.41) is 2.57. The number of hydrogen-bond acceptors (Lipinski definition) is 5. The predicted molar refractivity (Wildman–Crippen MR) is 92.5 cm³/mol. The van der Waals surface area contributed by atoms with E-state index < -0.39 is 0 Å². The van der Waals surface area contributed by atoms with Gasteiger partial charge in [-0.25, -0.2) is 4.98 Å². The van der Waals surface area contributed by atoms with E-state index >= 15 is 0 Å². The largest absolute Gasteiger partial charge is 0.493 e. The minimum atomic E-state index is -0.0678. The first-order chi connectivity index (χ1) is 11.0. The van der Waals surface area contributed by atoms with Crippen LogP contribution >= 0.6 is 11.3 Å². The third-order valence-electron chi connectivity index (χ3n) is 3.32. The molecule has 0 unspecified atom stereocenters. The van der Waals surface area contributed by atoms with Crippen LogP contribution < -0.4 is 9.47 Å². The second-order valence-corrected chi connectivity index (χ2v) is 6.25. The molecule has 2 rings (SSSR count). The smallest absolute Gasteiger partial charge is 0.273 e. The first-order valence-corrected chi connectivity index (χ1v) is 8.40. The summed E-state index contributed by atoms with van der Waals surface area (Å²) in [6.07, 6.45) is 0.0726. The molecular formula is C17H22N2O3S. The van der Waals surface area contributed by atoms with Crippen molar-refractivity contribution in [3.63, 3.8) is 0 Å². The minimum absolute atomic E-state index is 0.0678. The van der Waals surface area contributed by atoms with Gasteiger partial charge in [-0.1, -0.05) is 0 Å². The molecule has 0 aliphatic heterocycles. The monoisotopic (exact) mass is 334 g/mol. The number of thiazole rings is 1. The molecule has 0 N–H and O–H groups in total. The number of ether oxygens (including phenoxy) is 2. The van der Waals surface area contributed by atoms with E-state index in [-0.39, 0.29) is 12.0 Å². The Hall–Kier alpha value is -2.08. The van der Waals surface area contributed by atoms with Gasteiger partial charge in [-0.15, -0.1) is 11.3 Å². The van der Waals surface area contributed by atoms with Crippen molar-refractivity contribution in [1.82, 2.24) is 9.88 Å². The number of amides is 1. The number of aromatic nitrogens is 1. The van der Waals surface area contributed by atoms with E-state index in [1.54, 1.807) is 24.4 Å². The van der Waals surface area contributed by atoms with Gasteiger partial charge in [0.15, 0.2) is 11.5 Å². The molecule has 2 aromatic rings. The standard InChI is InChI=1S/C17H22N2O3S/c1-6-19(4)17(20)13-10-23-16(18-13)12-7-8-14(22-11(2)3)15(9-12)21-5/h7-11H,6H2,1-5H3. The molecule has 6 heteroatoms. The maximum Gasteiger partial charge on any atom is 0.273 e. The Labute approximate surface area is 140 Å². The van der Waals surface area contributed by atoms with Crippen molar-refractivity contribution in [1.29, 1.82) is 0 Å². The Balaban J connectivity index is 2.29. The fraction of sp³-hybridized carbons (Fsp3) is 0.412. The van der Waals surface area contributed by atoms with Gasteiger partial charge in [0, 0.05) is 24.5 Å². The lowest BCUT2D eigenvalue weighted by Gasteiger charge is -2.14. The molecule has 5 nitrogen and oxygen atoms in total. The molecule has 124 valence electrons. The van der Waals surface area contributed by atoms with E-state index in [1.807, 2.05) is 39.0 Å². The van der Waals surface area contributed by atoms with Gasteiger partial charge in [0.1, 0.15) is 10.7 Å². The number of hydrogen-bond donors (Lipinski definition) is 0. The first-order valence-electron chi connectivity index (χ1n) is 7.52. The zero-order valence-electron chi connectivity index (χ0n) is 14.1. The summed E-state index contributed by atoms with van der Waals surface area (Å²) < 4.78 is 11.1.